The van der Waals surface area contributed by atoms with E-state index in [4.69, 9.17) is 24.5 Å². The maximum absolute atomic E-state index is 10.8. The fourth-order valence-electron chi connectivity index (χ4n) is 0.817. The quantitative estimate of drug-likeness (QED) is 0.441. The Morgan fingerprint density at radius 1 is 1.12 bits per heavy atom. The van der Waals surface area contributed by atoms with E-state index in [-0.39, 0.29) is 29.6 Å². The summed E-state index contributed by atoms with van der Waals surface area (Å²) in [5.74, 6) is -4.58. The van der Waals surface area contributed by atoms with Crippen molar-refractivity contribution in [2.45, 2.75) is 18.4 Å². The predicted octanol–water partition coefficient (Wildman–Crippen LogP) is -0.721. The van der Waals surface area contributed by atoms with Gasteiger partial charge in [0.2, 0.25) is 0 Å². The number of hydrogen-bond acceptors (Lipinski definition) is 4. The molecule has 0 rings (SSSR count). The average Bonchev–Trinajstić information content (AvgIpc) is 2.01. The van der Waals surface area contributed by atoms with Crippen molar-refractivity contribution in [1.82, 2.24) is 0 Å². The molecule has 0 amide bonds. The normalized spacial score (nSPS) is 10.6. The second kappa shape index (κ2) is 8.49. The van der Waals surface area contributed by atoms with E-state index in [2.05, 4.69) is 3.24 Å². The van der Waals surface area contributed by atoms with Gasteiger partial charge in [0.05, 0.1) is 0 Å². The zero-order valence-corrected chi connectivity index (χ0v) is 9.99. The van der Waals surface area contributed by atoms with Crippen molar-refractivity contribution in [3.8, 4) is 0 Å². The summed E-state index contributed by atoms with van der Waals surface area (Å²) in [7, 11) is 5.22. The number of carbonyl (C=O) groups is 3. The Labute approximate surface area is 126 Å². The van der Waals surface area contributed by atoms with E-state index >= 15 is 0 Å². The Bertz CT molecular complexity index is 268. The number of halogens is 1. The van der Waals surface area contributed by atoms with Crippen LogP contribution in [-0.4, -0.2) is 68.4 Å². The molecule has 0 heterocycles. The second-order valence-corrected chi connectivity index (χ2v) is 4.09. The second-order valence-electron chi connectivity index (χ2n) is 2.55. The first-order valence-electron chi connectivity index (χ1n) is 3.39. The molecule has 0 spiro atoms. The monoisotopic (exact) mass is 447 g/mol. The molecule has 0 aromatic heterocycles. The van der Waals surface area contributed by atoms with E-state index in [1.165, 1.54) is 0 Å². The van der Waals surface area contributed by atoms with Gasteiger partial charge in [-0.15, -0.1) is 0 Å². The number of hydrogen-bond donors (Lipinski definition) is 3. The van der Waals surface area contributed by atoms with Gasteiger partial charge >= 0.3 is 127 Å². The third kappa shape index (κ3) is 6.21. The summed E-state index contributed by atoms with van der Waals surface area (Å²) in [5.41, 5.74) is -2.28. The summed E-state index contributed by atoms with van der Waals surface area (Å²) in [5, 5.41) is 25.7. The molecular weight excluding hydrogens is 439 g/mol. The first-order chi connectivity index (χ1) is 6.84. The molecule has 0 aromatic carbocycles. The molecule has 0 unspecified atom stereocenters. The minimum absolute atomic E-state index is 0. The van der Waals surface area contributed by atoms with Crippen LogP contribution in [0, 0.1) is 0 Å². The Hall–Kier alpha value is 0.400. The van der Waals surface area contributed by atoms with Crippen molar-refractivity contribution in [2.75, 3.05) is 0 Å². The average molecular weight is 448 g/mol. The zero-order valence-electron chi connectivity index (χ0n) is 7.07. The number of carboxylic acid groups (broad SMARTS) is 3. The van der Waals surface area contributed by atoms with Gasteiger partial charge in [-0.25, -0.2) is 0 Å². The van der Waals surface area contributed by atoms with Crippen LogP contribution in [0.2, 0.25) is 0 Å². The first-order valence-corrected chi connectivity index (χ1v) is 6.96. The summed E-state index contributed by atoms with van der Waals surface area (Å²) in [6.07, 6.45) is -1.89. The summed E-state index contributed by atoms with van der Waals surface area (Å²) in [6, 6.07) is 0. The molecule has 0 fully saturated rings. The summed E-state index contributed by atoms with van der Waals surface area (Å²) >= 11 is -1.41. The fraction of sp³-hybridized carbons (Fsp3) is 0.500. The Balaban J connectivity index is 0. The van der Waals surface area contributed by atoms with E-state index in [0.29, 0.717) is 0 Å². The number of carboxylic acids is 3. The van der Waals surface area contributed by atoms with Crippen molar-refractivity contribution in [2.24, 2.45) is 0 Å². The van der Waals surface area contributed by atoms with Gasteiger partial charge < -0.3 is 0 Å². The molecule has 0 aromatic rings. The van der Waals surface area contributed by atoms with Crippen LogP contribution in [0.1, 0.15) is 12.8 Å². The van der Waals surface area contributed by atoms with Crippen LogP contribution in [-0.2, 0) is 36.7 Å². The first kappa shape index (κ1) is 18.8. The topological polar surface area (TPSA) is 121 Å². The molecule has 16 heavy (non-hydrogen) atoms. The Morgan fingerprint density at radius 2 is 1.50 bits per heavy atom. The zero-order chi connectivity index (χ0) is 12.1. The van der Waals surface area contributed by atoms with Crippen LogP contribution in [0.25, 0.3) is 0 Å². The van der Waals surface area contributed by atoms with Crippen LogP contribution in [0.15, 0.2) is 0 Å². The fourth-order valence-corrected chi connectivity index (χ4v) is 2.37. The van der Waals surface area contributed by atoms with Gasteiger partial charge in [0.25, 0.3) is 0 Å². The van der Waals surface area contributed by atoms with Crippen LogP contribution >= 0.6 is 9.19 Å². The van der Waals surface area contributed by atoms with Crippen molar-refractivity contribution < 1.29 is 52.0 Å². The molecule has 3 N–H and O–H groups in total. The van der Waals surface area contributed by atoms with Gasteiger partial charge in [0.15, 0.2) is 0 Å². The summed E-state index contributed by atoms with van der Waals surface area (Å²) < 4.78 is 4.61. The molecule has 0 saturated heterocycles. The SMILES string of the molecule is O=C(O)CC(CC(=O)O)([O][Au][Cl])C(=O)O.[NaH]. The van der Waals surface area contributed by atoms with Crippen LogP contribution in [0.4, 0.5) is 0 Å². The molecular formula is C6H8AuClNaO7. The van der Waals surface area contributed by atoms with Crippen LogP contribution in [0.3, 0.4) is 0 Å². The summed E-state index contributed by atoms with van der Waals surface area (Å²) in [6.45, 7) is 0. The third-order valence-electron chi connectivity index (χ3n) is 1.40. The van der Waals surface area contributed by atoms with Gasteiger partial charge in [-0.3, -0.25) is 0 Å². The number of aliphatic carboxylic acids is 3. The molecule has 0 aliphatic carbocycles. The van der Waals surface area contributed by atoms with Gasteiger partial charge in [0, 0.05) is 0 Å². The number of rotatable bonds is 7. The van der Waals surface area contributed by atoms with Crippen molar-refractivity contribution >= 4 is 56.7 Å². The molecule has 0 aliphatic rings. The molecule has 7 nitrogen and oxygen atoms in total. The predicted molar refractivity (Wildman–Crippen MR) is 49.0 cm³/mol. The van der Waals surface area contributed by atoms with Crippen LogP contribution in [0.5, 0.6) is 0 Å². The summed E-state index contributed by atoms with van der Waals surface area (Å²) in [4.78, 5) is 31.6. The Kier molecular flexibility index (Phi) is 9.95. The van der Waals surface area contributed by atoms with Crippen molar-refractivity contribution in [1.29, 1.82) is 0 Å². The molecule has 10 heteroatoms. The van der Waals surface area contributed by atoms with E-state index in [1.54, 1.807) is 0 Å². The van der Waals surface area contributed by atoms with Crippen molar-refractivity contribution in [3.63, 3.8) is 0 Å². The standard InChI is InChI=1S/C6H7O7.Au.ClH.Na.H/c7-3(8)1-6(13,5(11)12)2-4(9)10;;;;/h1-2H2,(H,7,8)(H,9,10)(H,11,12);;1H;;/q-1;+2;;;/p-1. The van der Waals surface area contributed by atoms with E-state index in [1.807, 2.05) is 0 Å². The van der Waals surface area contributed by atoms with Gasteiger partial charge in [-0.05, 0) is 0 Å². The van der Waals surface area contributed by atoms with Gasteiger partial charge in [0.1, 0.15) is 0 Å². The van der Waals surface area contributed by atoms with Crippen molar-refractivity contribution in [3.05, 3.63) is 0 Å². The molecule has 0 aliphatic heterocycles. The third-order valence-corrected chi connectivity index (χ3v) is 2.80. The van der Waals surface area contributed by atoms with Crippen LogP contribution < -0.4 is 0 Å². The van der Waals surface area contributed by atoms with E-state index in [0.717, 1.165) is 0 Å². The molecule has 0 atom stereocenters. The minimum atomic E-state index is -2.28. The molecule has 0 saturated carbocycles. The van der Waals surface area contributed by atoms with E-state index < -0.39 is 55.4 Å². The van der Waals surface area contributed by atoms with Gasteiger partial charge in [-0.2, -0.15) is 0 Å². The Morgan fingerprint density at radius 3 is 1.69 bits per heavy atom. The maximum atomic E-state index is 10.8. The van der Waals surface area contributed by atoms with E-state index in [9.17, 15) is 14.4 Å². The van der Waals surface area contributed by atoms with Gasteiger partial charge in [-0.1, -0.05) is 0 Å². The molecule has 0 bridgehead atoms. The molecule has 93 valence electrons. The molecule has 0 radical (unpaired) electrons.